The van der Waals surface area contributed by atoms with Crippen LogP contribution < -0.4 is 5.56 Å². The van der Waals surface area contributed by atoms with Crippen molar-refractivity contribution >= 4 is 33.4 Å². The number of rotatable bonds is 2. The fraction of sp³-hybridized carbons (Fsp3) is 0.263. The Bertz CT molecular complexity index is 1110. The summed E-state index contributed by atoms with van der Waals surface area (Å²) in [6, 6.07) is 6.72. The van der Waals surface area contributed by atoms with E-state index in [4.69, 9.17) is 0 Å². The molecular weight excluding hydrogens is 350 g/mol. The molecule has 1 aliphatic carbocycles. The summed E-state index contributed by atoms with van der Waals surface area (Å²) in [5, 5.41) is 0.656. The van der Waals surface area contributed by atoms with E-state index in [9.17, 15) is 14.4 Å². The van der Waals surface area contributed by atoms with Crippen LogP contribution in [0.15, 0.2) is 35.4 Å². The second-order valence-corrected chi connectivity index (χ2v) is 7.72. The van der Waals surface area contributed by atoms with Crippen LogP contribution in [0.1, 0.15) is 44.0 Å². The Kier molecular flexibility index (Phi) is 3.33. The van der Waals surface area contributed by atoms with Crippen molar-refractivity contribution in [2.75, 3.05) is 0 Å². The topological polar surface area (TPSA) is 72.3 Å². The number of aromatic nitrogens is 2. The SMILES string of the molecule is O=C1c2ccccc2C(=O)N1Cn1cnc2sc3c(c2c1=O)CCCC3. The zero-order valence-electron chi connectivity index (χ0n) is 13.9. The molecule has 1 aromatic carbocycles. The molecule has 3 aromatic rings. The van der Waals surface area contributed by atoms with E-state index in [2.05, 4.69) is 4.98 Å². The molecule has 0 bridgehead atoms. The summed E-state index contributed by atoms with van der Waals surface area (Å²) in [6.45, 7) is -0.112. The van der Waals surface area contributed by atoms with Crippen molar-refractivity contribution in [3.63, 3.8) is 0 Å². The fourth-order valence-corrected chi connectivity index (χ4v) is 5.02. The van der Waals surface area contributed by atoms with Crippen LogP contribution in [0, 0.1) is 0 Å². The Hall–Kier alpha value is -2.80. The number of aryl methyl sites for hydroxylation is 2. The minimum atomic E-state index is -0.370. The molecule has 0 N–H and O–H groups in total. The van der Waals surface area contributed by atoms with Crippen molar-refractivity contribution in [3.8, 4) is 0 Å². The van der Waals surface area contributed by atoms with Gasteiger partial charge in [0, 0.05) is 4.88 Å². The normalized spacial score (nSPS) is 16.2. The maximum atomic E-state index is 13.0. The molecule has 1 aliphatic heterocycles. The summed E-state index contributed by atoms with van der Waals surface area (Å²) in [4.78, 5) is 45.6. The monoisotopic (exact) mass is 365 g/mol. The summed E-state index contributed by atoms with van der Waals surface area (Å²) >= 11 is 1.58. The van der Waals surface area contributed by atoms with Gasteiger partial charge in [-0.15, -0.1) is 11.3 Å². The lowest BCUT2D eigenvalue weighted by molar-refractivity contribution is 0.0603. The van der Waals surface area contributed by atoms with Gasteiger partial charge in [0.05, 0.1) is 16.5 Å². The van der Waals surface area contributed by atoms with Gasteiger partial charge in [0.2, 0.25) is 0 Å². The molecule has 0 fully saturated rings. The number of hydrogen-bond donors (Lipinski definition) is 0. The molecule has 0 saturated heterocycles. The Morgan fingerprint density at radius 2 is 1.69 bits per heavy atom. The highest BCUT2D eigenvalue weighted by Crippen LogP contribution is 2.33. The van der Waals surface area contributed by atoms with E-state index < -0.39 is 0 Å². The summed E-state index contributed by atoms with van der Waals surface area (Å²) in [5.74, 6) is -0.741. The number of hydrogen-bond acceptors (Lipinski definition) is 5. The number of thiophene rings is 1. The van der Waals surface area contributed by atoms with E-state index in [1.54, 1.807) is 35.6 Å². The van der Waals surface area contributed by atoms with Crippen LogP contribution in [-0.4, -0.2) is 26.3 Å². The van der Waals surface area contributed by atoms with Crippen molar-refractivity contribution in [3.05, 3.63) is 62.5 Å². The van der Waals surface area contributed by atoms with Crippen molar-refractivity contribution in [1.29, 1.82) is 0 Å². The van der Waals surface area contributed by atoms with Gasteiger partial charge in [0.1, 0.15) is 17.8 Å². The molecule has 2 aliphatic rings. The molecule has 3 heterocycles. The van der Waals surface area contributed by atoms with Crippen molar-refractivity contribution < 1.29 is 9.59 Å². The molecule has 0 unspecified atom stereocenters. The Morgan fingerprint density at radius 3 is 2.42 bits per heavy atom. The number of carbonyl (C=O) groups excluding carboxylic acids is 2. The lowest BCUT2D eigenvalue weighted by atomic mass is 9.97. The maximum Gasteiger partial charge on any atom is 0.263 e. The van der Waals surface area contributed by atoms with Gasteiger partial charge in [0.15, 0.2) is 0 Å². The van der Waals surface area contributed by atoms with Gasteiger partial charge >= 0.3 is 0 Å². The van der Waals surface area contributed by atoms with Gasteiger partial charge in [0.25, 0.3) is 17.4 Å². The van der Waals surface area contributed by atoms with Crippen LogP contribution in [0.4, 0.5) is 0 Å². The van der Waals surface area contributed by atoms with Crippen molar-refractivity contribution in [1.82, 2.24) is 14.5 Å². The fourth-order valence-electron chi connectivity index (χ4n) is 3.80. The number of nitrogens with zero attached hydrogens (tertiary/aromatic N) is 3. The van der Waals surface area contributed by atoms with Crippen LogP contribution in [0.25, 0.3) is 10.2 Å². The van der Waals surface area contributed by atoms with Crippen LogP contribution in [0.5, 0.6) is 0 Å². The largest absolute Gasteiger partial charge is 0.279 e. The molecular formula is C19H15N3O3S. The third-order valence-corrected chi connectivity index (χ3v) is 6.31. The lowest BCUT2D eigenvalue weighted by Crippen LogP contribution is -2.36. The first-order valence-electron chi connectivity index (χ1n) is 8.60. The van der Waals surface area contributed by atoms with Crippen molar-refractivity contribution in [2.24, 2.45) is 0 Å². The molecule has 0 spiro atoms. The number of carbonyl (C=O) groups is 2. The summed E-state index contributed by atoms with van der Waals surface area (Å²) in [6.07, 6.45) is 5.54. The highest BCUT2D eigenvalue weighted by molar-refractivity contribution is 7.18. The van der Waals surface area contributed by atoms with E-state index >= 15 is 0 Å². The van der Waals surface area contributed by atoms with Gasteiger partial charge in [-0.25, -0.2) is 4.98 Å². The molecule has 2 aromatic heterocycles. The second kappa shape index (κ2) is 5.60. The van der Waals surface area contributed by atoms with Gasteiger partial charge in [-0.2, -0.15) is 0 Å². The number of benzene rings is 1. The molecule has 0 atom stereocenters. The predicted octanol–water partition coefficient (Wildman–Crippen LogP) is 2.59. The molecule has 130 valence electrons. The van der Waals surface area contributed by atoms with Gasteiger partial charge in [-0.05, 0) is 43.4 Å². The first-order valence-corrected chi connectivity index (χ1v) is 9.41. The van der Waals surface area contributed by atoms with Crippen molar-refractivity contribution in [2.45, 2.75) is 32.4 Å². The average Bonchev–Trinajstić information content (AvgIpc) is 3.16. The molecule has 5 rings (SSSR count). The van der Waals surface area contributed by atoms with E-state index in [0.717, 1.165) is 41.0 Å². The zero-order chi connectivity index (χ0) is 17.8. The second-order valence-electron chi connectivity index (χ2n) is 6.64. The molecule has 6 nitrogen and oxygen atoms in total. The number of amides is 2. The van der Waals surface area contributed by atoms with E-state index in [1.807, 2.05) is 0 Å². The van der Waals surface area contributed by atoms with Gasteiger partial charge in [-0.1, -0.05) is 12.1 Å². The molecule has 26 heavy (non-hydrogen) atoms. The van der Waals surface area contributed by atoms with Crippen LogP contribution in [0.3, 0.4) is 0 Å². The minimum absolute atomic E-state index is 0.112. The first-order chi connectivity index (χ1) is 12.6. The maximum absolute atomic E-state index is 13.0. The summed E-state index contributed by atoms with van der Waals surface area (Å²) < 4.78 is 1.37. The Morgan fingerprint density at radius 1 is 1.00 bits per heavy atom. The molecule has 2 amide bonds. The highest BCUT2D eigenvalue weighted by atomic mass is 32.1. The summed E-state index contributed by atoms with van der Waals surface area (Å²) in [7, 11) is 0. The van der Waals surface area contributed by atoms with Crippen LogP contribution in [-0.2, 0) is 19.5 Å². The third-order valence-electron chi connectivity index (χ3n) is 5.11. The molecule has 0 radical (unpaired) electrons. The average molecular weight is 365 g/mol. The minimum Gasteiger partial charge on any atom is -0.279 e. The standard InChI is InChI=1S/C19H15N3O3S/c23-17-11-5-1-2-6-12(11)18(24)22(17)10-21-9-20-16-15(19(21)25)13-7-3-4-8-14(13)26-16/h1-2,5-6,9H,3-4,7-8,10H2. The van der Waals surface area contributed by atoms with E-state index in [-0.39, 0.29) is 24.0 Å². The van der Waals surface area contributed by atoms with Gasteiger partial charge < -0.3 is 0 Å². The highest BCUT2D eigenvalue weighted by Gasteiger charge is 2.35. The van der Waals surface area contributed by atoms with Crippen LogP contribution >= 0.6 is 11.3 Å². The molecule has 0 saturated carbocycles. The molecule has 7 heteroatoms. The predicted molar refractivity (Wildman–Crippen MR) is 97.5 cm³/mol. The van der Waals surface area contributed by atoms with E-state index in [1.165, 1.54) is 15.8 Å². The van der Waals surface area contributed by atoms with Gasteiger partial charge in [-0.3, -0.25) is 23.9 Å². The Labute approximate surface area is 152 Å². The Balaban J connectivity index is 1.57. The lowest BCUT2D eigenvalue weighted by Gasteiger charge is -2.15. The van der Waals surface area contributed by atoms with Crippen LogP contribution in [0.2, 0.25) is 0 Å². The smallest absolute Gasteiger partial charge is 0.263 e. The third kappa shape index (κ3) is 2.10. The van der Waals surface area contributed by atoms with E-state index in [0.29, 0.717) is 16.5 Å². The quantitative estimate of drug-likeness (QED) is 0.655. The number of fused-ring (bicyclic) bond motifs is 4. The summed E-state index contributed by atoms with van der Waals surface area (Å²) in [5.41, 5.74) is 1.69. The number of imide groups is 1. The first kappa shape index (κ1) is 15.5. The zero-order valence-corrected chi connectivity index (χ0v) is 14.7.